The maximum Gasteiger partial charge on any atom is 0.0711 e. The van der Waals surface area contributed by atoms with Crippen molar-refractivity contribution in [3.63, 3.8) is 0 Å². The largest absolute Gasteiger partial charge is 0.310 e. The van der Waals surface area contributed by atoms with Gasteiger partial charge in [0, 0.05) is 43.2 Å². The van der Waals surface area contributed by atoms with Gasteiger partial charge >= 0.3 is 0 Å². The molecule has 0 saturated carbocycles. The third kappa shape index (κ3) is 2.88. The van der Waals surface area contributed by atoms with Crippen molar-refractivity contribution >= 4 is 10.9 Å². The Kier molecular flexibility index (Phi) is 4.20. The lowest BCUT2D eigenvalue weighted by Crippen LogP contribution is -2.30. The van der Waals surface area contributed by atoms with Gasteiger partial charge in [-0.15, -0.1) is 0 Å². The van der Waals surface area contributed by atoms with Gasteiger partial charge in [0.1, 0.15) is 0 Å². The van der Waals surface area contributed by atoms with Gasteiger partial charge in [-0.2, -0.15) is 0 Å². The van der Waals surface area contributed by atoms with Gasteiger partial charge < -0.3 is 10.2 Å². The van der Waals surface area contributed by atoms with Crippen LogP contribution >= 0.6 is 0 Å². The summed E-state index contributed by atoms with van der Waals surface area (Å²) in [6, 6.07) is 5.07. The van der Waals surface area contributed by atoms with E-state index in [-0.39, 0.29) is 0 Å². The summed E-state index contributed by atoms with van der Waals surface area (Å²) in [6.07, 6.45) is 1.06. The lowest BCUT2D eigenvalue weighted by Gasteiger charge is -2.28. The Morgan fingerprint density at radius 1 is 1.23 bits per heavy atom. The fourth-order valence-corrected chi connectivity index (χ4v) is 3.23. The molecule has 0 atom stereocenters. The van der Waals surface area contributed by atoms with Crippen molar-refractivity contribution in [3.8, 4) is 0 Å². The molecule has 2 aromatic rings. The molecule has 1 aromatic carbocycles. The highest BCUT2D eigenvalue weighted by Gasteiger charge is 2.21. The first kappa shape index (κ1) is 15.4. The summed E-state index contributed by atoms with van der Waals surface area (Å²) in [6.45, 7) is 11.8. The average Bonchev–Trinajstić information content (AvgIpc) is 2.45. The minimum absolute atomic E-state index is 0.492. The molecule has 0 spiro atoms. The summed E-state index contributed by atoms with van der Waals surface area (Å²) in [5.74, 6) is 0. The predicted octanol–water partition coefficient (Wildman–Crippen LogP) is 3.34. The molecule has 0 unspecified atom stereocenters. The molecule has 0 aliphatic carbocycles. The number of fused-ring (bicyclic) bond motifs is 2. The molecule has 3 rings (SSSR count). The first-order valence-electron chi connectivity index (χ1n) is 8.29. The Labute approximate surface area is 133 Å². The van der Waals surface area contributed by atoms with E-state index in [0.717, 1.165) is 31.6 Å². The molecule has 0 saturated heterocycles. The second-order valence-electron chi connectivity index (χ2n) is 6.99. The van der Waals surface area contributed by atoms with E-state index in [0.29, 0.717) is 6.04 Å². The number of likely N-dealkylation sites (N-methyl/N-ethyl adjacent to an activating group) is 1. The predicted molar refractivity (Wildman–Crippen MR) is 93.2 cm³/mol. The number of nitrogens with zero attached hydrogens (tertiary/aromatic N) is 2. The van der Waals surface area contributed by atoms with Crippen LogP contribution < -0.4 is 5.32 Å². The van der Waals surface area contributed by atoms with E-state index in [9.17, 15) is 0 Å². The molecule has 1 aromatic heterocycles. The van der Waals surface area contributed by atoms with E-state index >= 15 is 0 Å². The minimum atomic E-state index is 0.492. The minimum Gasteiger partial charge on any atom is -0.310 e. The molecular weight excluding hydrogens is 270 g/mol. The summed E-state index contributed by atoms with van der Waals surface area (Å²) < 4.78 is 0. The van der Waals surface area contributed by atoms with Gasteiger partial charge in [-0.25, -0.2) is 0 Å². The molecule has 1 aliphatic heterocycles. The number of nitrogens with one attached hydrogen (secondary N) is 1. The topological polar surface area (TPSA) is 28.2 Å². The van der Waals surface area contributed by atoms with Crippen LogP contribution in [-0.4, -0.2) is 29.5 Å². The molecule has 1 aliphatic rings. The SMILES string of the molecule is Cc1cc2nc3c(c(CNC(C)C)c2cc1C)CN(C)CC3. The van der Waals surface area contributed by atoms with Crippen LogP contribution in [0.2, 0.25) is 0 Å². The number of pyridine rings is 1. The molecule has 22 heavy (non-hydrogen) atoms. The highest BCUT2D eigenvalue weighted by Crippen LogP contribution is 2.29. The lowest BCUT2D eigenvalue weighted by molar-refractivity contribution is 0.308. The molecular formula is C19H27N3. The van der Waals surface area contributed by atoms with Crippen LogP contribution in [-0.2, 0) is 19.5 Å². The van der Waals surface area contributed by atoms with Crippen LogP contribution in [0.4, 0.5) is 0 Å². The van der Waals surface area contributed by atoms with Crippen LogP contribution in [0.3, 0.4) is 0 Å². The van der Waals surface area contributed by atoms with E-state index < -0.39 is 0 Å². The van der Waals surface area contributed by atoms with Crippen molar-refractivity contribution in [2.24, 2.45) is 0 Å². The molecule has 0 fully saturated rings. The van der Waals surface area contributed by atoms with E-state index in [1.807, 2.05) is 0 Å². The highest BCUT2D eigenvalue weighted by molar-refractivity contribution is 5.85. The Balaban J connectivity index is 2.20. The van der Waals surface area contributed by atoms with E-state index in [1.165, 1.54) is 33.3 Å². The maximum atomic E-state index is 4.99. The zero-order valence-electron chi connectivity index (χ0n) is 14.5. The average molecular weight is 297 g/mol. The van der Waals surface area contributed by atoms with Crippen LogP contribution in [0, 0.1) is 13.8 Å². The number of hydrogen-bond acceptors (Lipinski definition) is 3. The van der Waals surface area contributed by atoms with Gasteiger partial charge in [0.15, 0.2) is 0 Å². The third-order valence-electron chi connectivity index (χ3n) is 4.75. The maximum absolute atomic E-state index is 4.99. The highest BCUT2D eigenvalue weighted by atomic mass is 15.1. The van der Waals surface area contributed by atoms with Gasteiger partial charge in [-0.3, -0.25) is 4.98 Å². The van der Waals surface area contributed by atoms with E-state index in [1.54, 1.807) is 0 Å². The number of benzene rings is 1. The summed E-state index contributed by atoms with van der Waals surface area (Å²) in [7, 11) is 2.20. The van der Waals surface area contributed by atoms with Crippen molar-refractivity contribution in [1.29, 1.82) is 0 Å². The number of aryl methyl sites for hydroxylation is 2. The number of hydrogen-bond donors (Lipinski definition) is 1. The molecule has 0 amide bonds. The molecule has 0 bridgehead atoms. The van der Waals surface area contributed by atoms with Crippen molar-refractivity contribution in [2.75, 3.05) is 13.6 Å². The second kappa shape index (κ2) is 5.98. The Bertz CT molecular complexity index is 704. The lowest BCUT2D eigenvalue weighted by atomic mass is 9.94. The second-order valence-corrected chi connectivity index (χ2v) is 6.99. The molecule has 3 heteroatoms. The summed E-state index contributed by atoms with van der Waals surface area (Å²) >= 11 is 0. The van der Waals surface area contributed by atoms with Crippen LogP contribution in [0.15, 0.2) is 12.1 Å². The van der Waals surface area contributed by atoms with Gasteiger partial charge in [-0.1, -0.05) is 13.8 Å². The molecule has 1 N–H and O–H groups in total. The molecule has 2 heterocycles. The van der Waals surface area contributed by atoms with Gasteiger partial charge in [0.05, 0.1) is 5.52 Å². The summed E-state index contributed by atoms with van der Waals surface area (Å²) in [4.78, 5) is 7.38. The molecule has 3 nitrogen and oxygen atoms in total. The van der Waals surface area contributed by atoms with Crippen LogP contribution in [0.25, 0.3) is 10.9 Å². The molecule has 0 radical (unpaired) electrons. The van der Waals surface area contributed by atoms with E-state index in [4.69, 9.17) is 4.98 Å². The van der Waals surface area contributed by atoms with Crippen molar-refractivity contribution in [1.82, 2.24) is 15.2 Å². The monoisotopic (exact) mass is 297 g/mol. The zero-order chi connectivity index (χ0) is 15.9. The Morgan fingerprint density at radius 2 is 1.95 bits per heavy atom. The normalized spacial score (nSPS) is 15.5. The van der Waals surface area contributed by atoms with E-state index in [2.05, 4.69) is 57.1 Å². The Morgan fingerprint density at radius 3 is 2.68 bits per heavy atom. The van der Waals surface area contributed by atoms with Crippen molar-refractivity contribution in [2.45, 2.75) is 53.2 Å². The first-order valence-corrected chi connectivity index (χ1v) is 8.29. The first-order chi connectivity index (χ1) is 10.5. The number of aromatic nitrogens is 1. The number of rotatable bonds is 3. The van der Waals surface area contributed by atoms with Crippen molar-refractivity contribution in [3.05, 3.63) is 40.1 Å². The summed E-state index contributed by atoms with van der Waals surface area (Å²) in [5.41, 5.74) is 8.03. The van der Waals surface area contributed by atoms with Gasteiger partial charge in [-0.05, 0) is 55.3 Å². The summed E-state index contributed by atoms with van der Waals surface area (Å²) in [5, 5.41) is 4.93. The van der Waals surface area contributed by atoms with Crippen molar-refractivity contribution < 1.29 is 0 Å². The van der Waals surface area contributed by atoms with Crippen LogP contribution in [0.5, 0.6) is 0 Å². The van der Waals surface area contributed by atoms with Gasteiger partial charge in [0.2, 0.25) is 0 Å². The van der Waals surface area contributed by atoms with Crippen LogP contribution in [0.1, 0.15) is 41.8 Å². The fraction of sp³-hybridized carbons (Fsp3) is 0.526. The standard InChI is InChI=1S/C19H27N3/c1-12(2)20-10-16-15-8-13(3)14(4)9-19(15)21-18-6-7-22(5)11-17(16)18/h8-9,12,20H,6-7,10-11H2,1-5H3. The fourth-order valence-electron chi connectivity index (χ4n) is 3.23. The third-order valence-corrected chi connectivity index (χ3v) is 4.75. The zero-order valence-corrected chi connectivity index (χ0v) is 14.5. The molecule has 118 valence electrons. The Hall–Kier alpha value is -1.45. The van der Waals surface area contributed by atoms with Gasteiger partial charge in [0.25, 0.3) is 0 Å². The smallest absolute Gasteiger partial charge is 0.0711 e. The quantitative estimate of drug-likeness (QED) is 0.942.